The largest absolute Gasteiger partial charge is 0.504 e. The van der Waals surface area contributed by atoms with Gasteiger partial charge in [0.25, 0.3) is 0 Å². The molecule has 0 bridgehead atoms. The molecule has 2 nitrogen and oxygen atoms in total. The molecule has 1 aromatic carbocycles. The number of halogens is 2. The first-order chi connectivity index (χ1) is 5.16. The van der Waals surface area contributed by atoms with Gasteiger partial charge in [0, 0.05) is 10.9 Å². The monoisotopic (exact) mass is 220 g/mol. The second kappa shape index (κ2) is 3.09. The van der Waals surface area contributed by atoms with Gasteiger partial charge in [0.15, 0.2) is 17.3 Å². The Bertz CT molecular complexity index is 275. The quantitative estimate of drug-likeness (QED) is 0.563. The van der Waals surface area contributed by atoms with Gasteiger partial charge >= 0.3 is 0 Å². The van der Waals surface area contributed by atoms with Crippen molar-refractivity contribution in [3.8, 4) is 11.5 Å². The zero-order valence-corrected chi connectivity index (χ0v) is 7.10. The summed E-state index contributed by atoms with van der Waals surface area (Å²) >= 11 is 3.07. The number of phenols is 2. The second-order valence-electron chi connectivity index (χ2n) is 2.04. The van der Waals surface area contributed by atoms with E-state index in [1.165, 1.54) is 6.07 Å². The third-order valence-corrected chi connectivity index (χ3v) is 1.93. The molecule has 0 atom stereocenters. The Hall–Kier alpha value is -0.770. The van der Waals surface area contributed by atoms with Crippen LogP contribution in [0.25, 0.3) is 0 Å². The number of hydrogen-bond donors (Lipinski definition) is 2. The van der Waals surface area contributed by atoms with Crippen LogP contribution in [0.4, 0.5) is 4.39 Å². The minimum absolute atomic E-state index is 0.382. The normalized spacial score (nSPS) is 10.0. The first-order valence-corrected chi connectivity index (χ1v) is 4.04. The van der Waals surface area contributed by atoms with Crippen molar-refractivity contribution in [2.24, 2.45) is 0 Å². The first kappa shape index (κ1) is 8.33. The van der Waals surface area contributed by atoms with Crippen molar-refractivity contribution < 1.29 is 14.6 Å². The summed E-state index contributed by atoms with van der Waals surface area (Å²) < 4.78 is 12.5. The summed E-state index contributed by atoms with van der Waals surface area (Å²) in [5.74, 6) is -1.91. The van der Waals surface area contributed by atoms with Gasteiger partial charge in [-0.25, -0.2) is 4.39 Å². The van der Waals surface area contributed by atoms with E-state index in [1.807, 2.05) is 0 Å². The summed E-state index contributed by atoms with van der Waals surface area (Å²) in [4.78, 5) is 0. The molecule has 0 aliphatic carbocycles. The minimum atomic E-state index is -0.813. The lowest BCUT2D eigenvalue weighted by atomic mass is 10.2. The molecule has 0 aromatic heterocycles. The Morgan fingerprint density at radius 3 is 2.45 bits per heavy atom. The molecule has 0 unspecified atom stereocenters. The molecule has 0 heterocycles. The van der Waals surface area contributed by atoms with Crippen LogP contribution in [0.15, 0.2) is 12.1 Å². The molecule has 0 aliphatic rings. The third kappa shape index (κ3) is 1.45. The Labute approximate surface area is 71.4 Å². The number of hydrogen-bond acceptors (Lipinski definition) is 2. The van der Waals surface area contributed by atoms with E-state index in [1.54, 1.807) is 0 Å². The van der Waals surface area contributed by atoms with Gasteiger partial charge in [-0.2, -0.15) is 0 Å². The number of alkyl halides is 1. The van der Waals surface area contributed by atoms with E-state index >= 15 is 0 Å². The maximum atomic E-state index is 12.5. The molecule has 1 aromatic rings. The van der Waals surface area contributed by atoms with Crippen LogP contribution in [0.2, 0.25) is 0 Å². The molecule has 0 radical (unpaired) electrons. The van der Waals surface area contributed by atoms with E-state index in [-0.39, 0.29) is 0 Å². The van der Waals surface area contributed by atoms with Gasteiger partial charge in [0.2, 0.25) is 0 Å². The fourth-order valence-electron chi connectivity index (χ4n) is 0.705. The first-order valence-electron chi connectivity index (χ1n) is 2.92. The summed E-state index contributed by atoms with van der Waals surface area (Å²) in [6.07, 6.45) is 0. The molecule has 0 fully saturated rings. The van der Waals surface area contributed by atoms with E-state index in [4.69, 9.17) is 10.2 Å². The van der Waals surface area contributed by atoms with Gasteiger partial charge < -0.3 is 10.2 Å². The van der Waals surface area contributed by atoms with Gasteiger partial charge in [-0.3, -0.25) is 0 Å². The average molecular weight is 221 g/mol. The van der Waals surface area contributed by atoms with Crippen molar-refractivity contribution in [3.63, 3.8) is 0 Å². The van der Waals surface area contributed by atoms with E-state index in [0.717, 1.165) is 6.07 Å². The highest BCUT2D eigenvalue weighted by molar-refractivity contribution is 9.08. The standard InChI is InChI=1S/C7H6BrFO2/c8-3-4-1-2-5(9)7(11)6(4)10/h1-2,10-11H,3H2. The van der Waals surface area contributed by atoms with Crippen molar-refractivity contribution in [2.75, 3.05) is 0 Å². The topological polar surface area (TPSA) is 40.5 Å². The Kier molecular flexibility index (Phi) is 2.34. The Morgan fingerprint density at radius 2 is 1.91 bits per heavy atom. The number of benzene rings is 1. The van der Waals surface area contributed by atoms with Crippen molar-refractivity contribution in [1.82, 2.24) is 0 Å². The van der Waals surface area contributed by atoms with Gasteiger partial charge in [0.05, 0.1) is 0 Å². The Morgan fingerprint density at radius 1 is 1.27 bits per heavy atom. The van der Waals surface area contributed by atoms with Crippen LogP contribution in [0.5, 0.6) is 11.5 Å². The fraction of sp³-hybridized carbons (Fsp3) is 0.143. The molecule has 60 valence electrons. The molecule has 4 heteroatoms. The van der Waals surface area contributed by atoms with Crippen LogP contribution in [0.1, 0.15) is 5.56 Å². The maximum absolute atomic E-state index is 12.5. The third-order valence-electron chi connectivity index (χ3n) is 1.33. The highest BCUT2D eigenvalue weighted by Crippen LogP contribution is 2.32. The molecule has 0 saturated heterocycles. The van der Waals surface area contributed by atoms with E-state index in [9.17, 15) is 4.39 Å². The molecule has 0 saturated carbocycles. The predicted octanol–water partition coefficient (Wildman–Crippen LogP) is 2.13. The van der Waals surface area contributed by atoms with Crippen molar-refractivity contribution in [2.45, 2.75) is 5.33 Å². The number of phenolic OH excluding ortho intramolecular Hbond substituents is 2. The molecule has 11 heavy (non-hydrogen) atoms. The smallest absolute Gasteiger partial charge is 0.194 e. The van der Waals surface area contributed by atoms with Crippen LogP contribution in [-0.4, -0.2) is 10.2 Å². The van der Waals surface area contributed by atoms with E-state index in [2.05, 4.69) is 15.9 Å². The van der Waals surface area contributed by atoms with Gasteiger partial charge in [0.1, 0.15) is 0 Å². The summed E-state index contributed by atoms with van der Waals surface area (Å²) in [6, 6.07) is 2.50. The average Bonchev–Trinajstić information content (AvgIpc) is 2.01. The highest BCUT2D eigenvalue weighted by atomic mass is 79.9. The van der Waals surface area contributed by atoms with E-state index < -0.39 is 17.3 Å². The zero-order chi connectivity index (χ0) is 8.43. The molecule has 0 spiro atoms. The van der Waals surface area contributed by atoms with Crippen LogP contribution in [0.3, 0.4) is 0 Å². The van der Waals surface area contributed by atoms with Gasteiger partial charge in [-0.15, -0.1) is 0 Å². The molecule has 1 rings (SSSR count). The summed E-state index contributed by atoms with van der Waals surface area (Å²) in [6.45, 7) is 0. The van der Waals surface area contributed by atoms with Crippen molar-refractivity contribution in [1.29, 1.82) is 0 Å². The highest BCUT2D eigenvalue weighted by Gasteiger charge is 2.09. The Balaban J connectivity index is 3.25. The van der Waals surface area contributed by atoms with Gasteiger partial charge in [-0.1, -0.05) is 22.0 Å². The van der Waals surface area contributed by atoms with Crippen molar-refractivity contribution >= 4 is 15.9 Å². The SMILES string of the molecule is Oc1c(F)ccc(CBr)c1O. The van der Waals surface area contributed by atoms with Crippen LogP contribution in [0, 0.1) is 5.82 Å². The fourth-order valence-corrected chi connectivity index (χ4v) is 1.16. The van der Waals surface area contributed by atoms with E-state index in [0.29, 0.717) is 10.9 Å². The zero-order valence-electron chi connectivity index (χ0n) is 5.51. The van der Waals surface area contributed by atoms with Crippen LogP contribution in [-0.2, 0) is 5.33 Å². The maximum Gasteiger partial charge on any atom is 0.194 e. The molecular weight excluding hydrogens is 215 g/mol. The summed E-state index contributed by atoms with van der Waals surface area (Å²) in [7, 11) is 0. The molecular formula is C7H6BrFO2. The lowest BCUT2D eigenvalue weighted by Crippen LogP contribution is -1.83. The lowest BCUT2D eigenvalue weighted by molar-refractivity contribution is 0.376. The van der Waals surface area contributed by atoms with Crippen LogP contribution < -0.4 is 0 Å². The number of rotatable bonds is 1. The second-order valence-corrected chi connectivity index (χ2v) is 2.60. The minimum Gasteiger partial charge on any atom is -0.504 e. The van der Waals surface area contributed by atoms with Crippen molar-refractivity contribution in [3.05, 3.63) is 23.5 Å². The van der Waals surface area contributed by atoms with Gasteiger partial charge in [-0.05, 0) is 6.07 Å². The number of aromatic hydroxyl groups is 2. The van der Waals surface area contributed by atoms with Crippen LogP contribution >= 0.6 is 15.9 Å². The lowest BCUT2D eigenvalue weighted by Gasteiger charge is -2.02. The molecule has 0 amide bonds. The molecule has 0 aliphatic heterocycles. The summed E-state index contributed by atoms with van der Waals surface area (Å²) in [5.41, 5.74) is 0.462. The predicted molar refractivity (Wildman–Crippen MR) is 42.4 cm³/mol. The summed E-state index contributed by atoms with van der Waals surface area (Å²) in [5, 5.41) is 18.3. The molecule has 2 N–H and O–H groups in total.